The normalized spacial score (nSPS) is 19.4. The molecule has 2 saturated heterocycles. The van der Waals surface area contributed by atoms with Crippen LogP contribution in [-0.2, 0) is 11.3 Å². The van der Waals surface area contributed by atoms with E-state index < -0.39 is 0 Å². The maximum Gasteiger partial charge on any atom is 0.259 e. The van der Waals surface area contributed by atoms with Crippen LogP contribution in [0.15, 0.2) is 41.6 Å². The van der Waals surface area contributed by atoms with E-state index in [0.29, 0.717) is 61.4 Å². The Balaban J connectivity index is 1.31. The van der Waals surface area contributed by atoms with E-state index in [1.165, 1.54) is 6.20 Å². The lowest BCUT2D eigenvalue weighted by Gasteiger charge is -2.40. The van der Waals surface area contributed by atoms with Gasteiger partial charge in [0, 0.05) is 68.1 Å². The Bertz CT molecular complexity index is 1570. The van der Waals surface area contributed by atoms with Crippen molar-refractivity contribution in [1.29, 1.82) is 0 Å². The average molecular weight is 519 g/mol. The molecule has 1 amide bonds. The Morgan fingerprint density at radius 1 is 1.18 bits per heavy atom. The third-order valence-electron chi connectivity index (χ3n) is 7.96. The Morgan fingerprint density at radius 3 is 2.76 bits per heavy atom. The summed E-state index contributed by atoms with van der Waals surface area (Å²) in [6.45, 7) is 7.51. The van der Waals surface area contributed by atoms with Crippen LogP contribution in [0.4, 0.5) is 4.39 Å². The van der Waals surface area contributed by atoms with Gasteiger partial charge in [-0.3, -0.25) is 24.2 Å². The summed E-state index contributed by atoms with van der Waals surface area (Å²) < 4.78 is 21.6. The van der Waals surface area contributed by atoms with Gasteiger partial charge in [-0.25, -0.2) is 4.39 Å². The summed E-state index contributed by atoms with van der Waals surface area (Å²) in [4.78, 5) is 37.5. The number of H-pyrrole nitrogens is 1. The van der Waals surface area contributed by atoms with Crippen molar-refractivity contribution in [3.05, 3.63) is 69.7 Å². The summed E-state index contributed by atoms with van der Waals surface area (Å²) in [5.74, 6) is -0.350. The Kier molecular flexibility index (Phi) is 6.45. The zero-order valence-corrected chi connectivity index (χ0v) is 21.6. The first-order valence-corrected chi connectivity index (χ1v) is 13.1. The molecule has 0 saturated carbocycles. The van der Waals surface area contributed by atoms with Gasteiger partial charge in [-0.1, -0.05) is 0 Å². The molecule has 1 aromatic carbocycles. The quantitative estimate of drug-likeness (QED) is 0.445. The molecule has 4 aromatic rings. The first-order chi connectivity index (χ1) is 18.4. The van der Waals surface area contributed by atoms with Gasteiger partial charge in [0.1, 0.15) is 5.82 Å². The number of piperazine rings is 1. The number of hydrogen-bond donors (Lipinski definition) is 1. The second-order valence-electron chi connectivity index (χ2n) is 10.4. The zero-order valence-electron chi connectivity index (χ0n) is 21.6. The number of ether oxygens (including phenoxy) is 1. The number of benzene rings is 1. The fourth-order valence-electron chi connectivity index (χ4n) is 5.77. The van der Waals surface area contributed by atoms with Crippen molar-refractivity contribution in [3.63, 3.8) is 0 Å². The van der Waals surface area contributed by atoms with E-state index in [1.807, 2.05) is 28.6 Å². The molecule has 0 radical (unpaired) electrons. The van der Waals surface area contributed by atoms with Gasteiger partial charge in [0.2, 0.25) is 0 Å². The summed E-state index contributed by atoms with van der Waals surface area (Å²) in [5.41, 5.74) is 3.32. The van der Waals surface area contributed by atoms with Crippen LogP contribution in [0.1, 0.15) is 47.3 Å². The van der Waals surface area contributed by atoms with E-state index in [9.17, 15) is 14.0 Å². The molecule has 0 bridgehead atoms. The van der Waals surface area contributed by atoms with Gasteiger partial charge in [0.15, 0.2) is 0 Å². The maximum absolute atomic E-state index is 14.1. The minimum absolute atomic E-state index is 0.0394. The van der Waals surface area contributed by atoms with Crippen LogP contribution in [0.25, 0.3) is 21.8 Å². The molecule has 1 N–H and O–H groups in total. The molecular weight excluding hydrogens is 487 g/mol. The number of halogens is 1. The summed E-state index contributed by atoms with van der Waals surface area (Å²) in [5, 5.41) is 5.93. The van der Waals surface area contributed by atoms with Crippen LogP contribution in [0.3, 0.4) is 0 Å². The number of amides is 1. The van der Waals surface area contributed by atoms with Crippen molar-refractivity contribution in [2.24, 2.45) is 0 Å². The molecule has 0 aliphatic carbocycles. The molecule has 3 aromatic heterocycles. The SMILES string of the molecule is Cc1cc2[nH]c(=O)c3cnn(C4CCOCC4)c3c2cc1C(=O)N1CCN(Cc2ccncc2F)[C@@H](C)C1. The molecule has 6 rings (SSSR count). The topological polar surface area (TPSA) is 96.3 Å². The van der Waals surface area contributed by atoms with E-state index in [1.54, 1.807) is 18.5 Å². The maximum atomic E-state index is 14.1. The summed E-state index contributed by atoms with van der Waals surface area (Å²) in [6, 6.07) is 5.71. The molecule has 0 unspecified atom stereocenters. The van der Waals surface area contributed by atoms with Crippen molar-refractivity contribution >= 4 is 27.7 Å². The fourth-order valence-corrected chi connectivity index (χ4v) is 5.77. The Labute approximate surface area is 219 Å². The van der Waals surface area contributed by atoms with Crippen molar-refractivity contribution < 1.29 is 13.9 Å². The van der Waals surface area contributed by atoms with Crippen molar-refractivity contribution in [2.75, 3.05) is 32.8 Å². The number of aromatic nitrogens is 4. The van der Waals surface area contributed by atoms with Gasteiger partial charge in [-0.2, -0.15) is 5.10 Å². The monoisotopic (exact) mass is 518 g/mol. The highest BCUT2D eigenvalue weighted by Crippen LogP contribution is 2.30. The number of aryl methyl sites for hydroxylation is 1. The number of nitrogens with zero attached hydrogens (tertiary/aromatic N) is 5. The highest BCUT2D eigenvalue weighted by Gasteiger charge is 2.29. The molecular formula is C28H31FN6O3. The second-order valence-corrected chi connectivity index (χ2v) is 10.4. The van der Waals surface area contributed by atoms with Gasteiger partial charge in [-0.15, -0.1) is 0 Å². The number of pyridine rings is 2. The van der Waals surface area contributed by atoms with Crippen LogP contribution >= 0.6 is 0 Å². The van der Waals surface area contributed by atoms with E-state index >= 15 is 0 Å². The van der Waals surface area contributed by atoms with Crippen LogP contribution in [-0.4, -0.2) is 74.3 Å². The smallest absolute Gasteiger partial charge is 0.259 e. The number of carbonyl (C=O) groups excluding carboxylic acids is 1. The van der Waals surface area contributed by atoms with Gasteiger partial charge >= 0.3 is 0 Å². The van der Waals surface area contributed by atoms with Crippen LogP contribution in [0.2, 0.25) is 0 Å². The molecule has 198 valence electrons. The highest BCUT2D eigenvalue weighted by molar-refractivity contribution is 6.07. The van der Waals surface area contributed by atoms with Crippen LogP contribution in [0.5, 0.6) is 0 Å². The Morgan fingerprint density at radius 2 is 2.00 bits per heavy atom. The van der Waals surface area contributed by atoms with Crippen LogP contribution < -0.4 is 5.56 Å². The number of aromatic amines is 1. The molecule has 38 heavy (non-hydrogen) atoms. The van der Waals surface area contributed by atoms with Crippen molar-refractivity contribution in [2.45, 2.75) is 45.3 Å². The highest BCUT2D eigenvalue weighted by atomic mass is 19.1. The average Bonchev–Trinajstić information content (AvgIpc) is 3.37. The van der Waals surface area contributed by atoms with E-state index in [0.717, 1.165) is 29.3 Å². The number of fused-ring (bicyclic) bond motifs is 3. The van der Waals surface area contributed by atoms with Crippen molar-refractivity contribution in [3.8, 4) is 0 Å². The third kappa shape index (κ3) is 4.37. The lowest BCUT2D eigenvalue weighted by molar-refractivity contribution is 0.0492. The minimum Gasteiger partial charge on any atom is -0.381 e. The standard InChI is InChI=1S/C28H31FN6O3/c1-17-11-25-22(26-23(27(36)32-25)13-31-35(26)20-4-9-38-10-5-20)12-21(17)28(37)34-8-7-33(18(2)15-34)16-19-3-6-30-14-24(19)29/h3,6,11-14,18,20H,4-5,7-10,15-16H2,1-2H3,(H,32,36)/t18-/m0/s1. The lowest BCUT2D eigenvalue weighted by atomic mass is 10.0. The number of carbonyl (C=O) groups is 1. The summed E-state index contributed by atoms with van der Waals surface area (Å²) >= 11 is 0. The van der Waals surface area contributed by atoms with Gasteiger partial charge < -0.3 is 14.6 Å². The Hall–Kier alpha value is -3.63. The molecule has 9 nitrogen and oxygen atoms in total. The van der Waals surface area contributed by atoms with Gasteiger partial charge in [0.25, 0.3) is 11.5 Å². The van der Waals surface area contributed by atoms with Crippen molar-refractivity contribution in [1.82, 2.24) is 29.5 Å². The van der Waals surface area contributed by atoms with Gasteiger partial charge in [-0.05, 0) is 50.5 Å². The molecule has 5 heterocycles. The second kappa shape index (κ2) is 9.92. The van der Waals surface area contributed by atoms with E-state index in [4.69, 9.17) is 4.74 Å². The first kappa shape index (κ1) is 24.7. The molecule has 2 aliphatic rings. The number of rotatable bonds is 4. The molecule has 1 atom stereocenters. The van der Waals surface area contributed by atoms with E-state index in [2.05, 4.69) is 26.9 Å². The fraction of sp³-hybridized carbons (Fsp3) is 0.429. The predicted molar refractivity (Wildman–Crippen MR) is 142 cm³/mol. The van der Waals surface area contributed by atoms with E-state index in [-0.39, 0.29) is 29.4 Å². The largest absolute Gasteiger partial charge is 0.381 e. The number of nitrogens with one attached hydrogen (secondary N) is 1. The predicted octanol–water partition coefficient (Wildman–Crippen LogP) is 3.42. The summed E-state index contributed by atoms with van der Waals surface area (Å²) in [7, 11) is 0. The molecule has 10 heteroatoms. The zero-order chi connectivity index (χ0) is 26.4. The number of hydrogen-bond acceptors (Lipinski definition) is 6. The lowest BCUT2D eigenvalue weighted by Crippen LogP contribution is -2.53. The molecule has 2 fully saturated rings. The third-order valence-corrected chi connectivity index (χ3v) is 7.96. The minimum atomic E-state index is -0.311. The molecule has 0 spiro atoms. The van der Waals surface area contributed by atoms with Gasteiger partial charge in [0.05, 0.1) is 34.9 Å². The summed E-state index contributed by atoms with van der Waals surface area (Å²) in [6.07, 6.45) is 6.11. The van der Waals surface area contributed by atoms with Crippen LogP contribution in [0, 0.1) is 12.7 Å². The first-order valence-electron chi connectivity index (χ1n) is 13.1. The molecule has 2 aliphatic heterocycles.